The summed E-state index contributed by atoms with van der Waals surface area (Å²) >= 11 is 11.9. The topological polar surface area (TPSA) is 41.1 Å². The van der Waals surface area contributed by atoms with Gasteiger partial charge in [-0.1, -0.05) is 30.1 Å². The van der Waals surface area contributed by atoms with Gasteiger partial charge in [-0.15, -0.1) is 0 Å². The van der Waals surface area contributed by atoms with Gasteiger partial charge in [-0.3, -0.25) is 4.79 Å². The van der Waals surface area contributed by atoms with Crippen LogP contribution >= 0.6 is 23.2 Å². The lowest BCUT2D eigenvalue weighted by Crippen LogP contribution is -2.27. The summed E-state index contributed by atoms with van der Waals surface area (Å²) < 4.78 is 0. The molecule has 1 rings (SSSR count). The normalized spacial score (nSPS) is 10.2. The van der Waals surface area contributed by atoms with E-state index in [4.69, 9.17) is 23.2 Å². The molecule has 3 nitrogen and oxygen atoms in total. The second-order valence-electron chi connectivity index (χ2n) is 3.41. The zero-order chi connectivity index (χ0) is 12.1. The van der Waals surface area contributed by atoms with Crippen LogP contribution in [0.2, 0.25) is 10.0 Å². The molecule has 88 valence electrons. The molecule has 1 aromatic rings. The fraction of sp³-hybridized carbons (Fsp3) is 0.364. The molecule has 1 aromatic carbocycles. The largest absolute Gasteiger partial charge is 0.324 e. The van der Waals surface area contributed by atoms with E-state index in [1.54, 1.807) is 12.1 Å². The summed E-state index contributed by atoms with van der Waals surface area (Å²) in [5.41, 5.74) is 1.43. The minimum absolute atomic E-state index is 0.135. The van der Waals surface area contributed by atoms with Crippen LogP contribution in [0.1, 0.15) is 12.5 Å². The molecule has 0 heterocycles. The maximum absolute atomic E-state index is 11.4. The highest BCUT2D eigenvalue weighted by atomic mass is 35.5. The summed E-state index contributed by atoms with van der Waals surface area (Å²) in [7, 11) is 0. The van der Waals surface area contributed by atoms with E-state index in [9.17, 15) is 4.79 Å². The minimum atomic E-state index is -0.135. The second kappa shape index (κ2) is 6.09. The number of likely N-dealkylation sites (N-methyl/N-ethyl adjacent to an activating group) is 1. The van der Waals surface area contributed by atoms with E-state index < -0.39 is 0 Å². The number of hydrogen-bond donors (Lipinski definition) is 2. The van der Waals surface area contributed by atoms with Crippen molar-refractivity contribution < 1.29 is 4.79 Å². The van der Waals surface area contributed by atoms with Crippen LogP contribution in [0.15, 0.2) is 12.1 Å². The lowest BCUT2D eigenvalue weighted by atomic mass is 10.2. The highest BCUT2D eigenvalue weighted by Gasteiger charge is 2.07. The molecule has 2 N–H and O–H groups in total. The lowest BCUT2D eigenvalue weighted by Gasteiger charge is -2.09. The van der Waals surface area contributed by atoms with Crippen molar-refractivity contribution in [2.45, 2.75) is 13.8 Å². The van der Waals surface area contributed by atoms with Crippen molar-refractivity contribution in [2.24, 2.45) is 0 Å². The van der Waals surface area contributed by atoms with Gasteiger partial charge in [0.1, 0.15) is 0 Å². The third kappa shape index (κ3) is 3.67. The lowest BCUT2D eigenvalue weighted by molar-refractivity contribution is -0.115. The molecule has 0 saturated heterocycles. The summed E-state index contributed by atoms with van der Waals surface area (Å²) in [6.07, 6.45) is 0. The monoisotopic (exact) mass is 260 g/mol. The maximum atomic E-state index is 11.4. The fourth-order valence-corrected chi connectivity index (χ4v) is 1.60. The first-order valence-corrected chi connectivity index (χ1v) is 5.76. The Morgan fingerprint density at radius 2 is 2.00 bits per heavy atom. The zero-order valence-electron chi connectivity index (χ0n) is 9.23. The predicted octanol–water partition coefficient (Wildman–Crippen LogP) is 2.85. The Bertz CT molecular complexity index is 394. The third-order valence-corrected chi connectivity index (χ3v) is 2.78. The fourth-order valence-electron chi connectivity index (χ4n) is 1.18. The van der Waals surface area contributed by atoms with Crippen LogP contribution in [-0.2, 0) is 4.79 Å². The van der Waals surface area contributed by atoms with Crippen molar-refractivity contribution in [3.05, 3.63) is 27.7 Å². The van der Waals surface area contributed by atoms with Gasteiger partial charge in [-0.25, -0.2) is 0 Å². The third-order valence-electron chi connectivity index (χ3n) is 2.06. The Hall–Kier alpha value is -0.770. The van der Waals surface area contributed by atoms with Crippen LogP contribution in [0, 0.1) is 6.92 Å². The molecule has 0 fully saturated rings. The number of carbonyl (C=O) groups is 1. The standard InChI is InChI=1S/C11H14Cl2N2O/c1-3-14-6-11(16)15-10-5-8(12)7(2)4-9(10)13/h4-5,14H,3,6H2,1-2H3,(H,15,16). The van der Waals surface area contributed by atoms with Gasteiger partial charge in [0.05, 0.1) is 17.3 Å². The summed E-state index contributed by atoms with van der Waals surface area (Å²) in [6.45, 7) is 4.80. The van der Waals surface area contributed by atoms with E-state index in [1.165, 1.54) is 0 Å². The van der Waals surface area contributed by atoms with E-state index in [2.05, 4.69) is 10.6 Å². The Morgan fingerprint density at radius 3 is 2.62 bits per heavy atom. The van der Waals surface area contributed by atoms with Gasteiger partial charge in [-0.05, 0) is 31.2 Å². The van der Waals surface area contributed by atoms with E-state index in [1.807, 2.05) is 13.8 Å². The van der Waals surface area contributed by atoms with Gasteiger partial charge in [0, 0.05) is 5.02 Å². The Kier molecular flexibility index (Phi) is 5.06. The first-order valence-electron chi connectivity index (χ1n) is 5.00. The summed E-state index contributed by atoms with van der Waals surface area (Å²) in [5.74, 6) is -0.135. The van der Waals surface area contributed by atoms with Gasteiger partial charge in [0.2, 0.25) is 5.91 Å². The smallest absolute Gasteiger partial charge is 0.238 e. The van der Waals surface area contributed by atoms with Crippen molar-refractivity contribution >= 4 is 34.8 Å². The molecule has 0 saturated carbocycles. The second-order valence-corrected chi connectivity index (χ2v) is 4.22. The van der Waals surface area contributed by atoms with Crippen LogP contribution < -0.4 is 10.6 Å². The van der Waals surface area contributed by atoms with Crippen molar-refractivity contribution in [3.8, 4) is 0 Å². The molecule has 0 unspecified atom stereocenters. The molecule has 0 aliphatic heterocycles. The summed E-state index contributed by atoms with van der Waals surface area (Å²) in [4.78, 5) is 11.4. The zero-order valence-corrected chi connectivity index (χ0v) is 10.7. The molecule has 5 heteroatoms. The van der Waals surface area contributed by atoms with Gasteiger partial charge in [0.15, 0.2) is 0 Å². The average Bonchev–Trinajstić information content (AvgIpc) is 2.23. The SMILES string of the molecule is CCNCC(=O)Nc1cc(Cl)c(C)cc1Cl. The number of halogens is 2. The van der Waals surface area contributed by atoms with Crippen LogP contribution in [0.4, 0.5) is 5.69 Å². The average molecular weight is 261 g/mol. The number of aryl methyl sites for hydroxylation is 1. The first-order chi connectivity index (χ1) is 7.54. The van der Waals surface area contributed by atoms with Gasteiger partial charge < -0.3 is 10.6 Å². The van der Waals surface area contributed by atoms with Gasteiger partial charge in [0.25, 0.3) is 0 Å². The van der Waals surface area contributed by atoms with Crippen LogP contribution in [0.25, 0.3) is 0 Å². The number of amides is 1. The summed E-state index contributed by atoms with van der Waals surface area (Å²) in [6, 6.07) is 3.38. The van der Waals surface area contributed by atoms with E-state index >= 15 is 0 Å². The van der Waals surface area contributed by atoms with Gasteiger partial charge >= 0.3 is 0 Å². The molecular formula is C11H14Cl2N2O. The van der Waals surface area contributed by atoms with Crippen LogP contribution in [0.5, 0.6) is 0 Å². The molecule has 0 bridgehead atoms. The van der Waals surface area contributed by atoms with E-state index in [0.29, 0.717) is 15.7 Å². The number of benzene rings is 1. The first kappa shape index (κ1) is 13.3. The summed E-state index contributed by atoms with van der Waals surface area (Å²) in [5, 5.41) is 6.70. The molecule has 0 aromatic heterocycles. The van der Waals surface area contributed by atoms with Crippen molar-refractivity contribution in [2.75, 3.05) is 18.4 Å². The molecule has 16 heavy (non-hydrogen) atoms. The number of rotatable bonds is 4. The number of anilines is 1. The molecule has 0 aliphatic rings. The van der Waals surface area contributed by atoms with Crippen LogP contribution in [-0.4, -0.2) is 19.0 Å². The molecule has 0 spiro atoms. The quantitative estimate of drug-likeness (QED) is 0.875. The number of nitrogens with one attached hydrogen (secondary N) is 2. The predicted molar refractivity (Wildman–Crippen MR) is 68.4 cm³/mol. The molecule has 0 aliphatic carbocycles. The number of carbonyl (C=O) groups excluding carboxylic acids is 1. The molecular weight excluding hydrogens is 247 g/mol. The van der Waals surface area contributed by atoms with Crippen molar-refractivity contribution in [1.82, 2.24) is 5.32 Å². The maximum Gasteiger partial charge on any atom is 0.238 e. The molecule has 0 radical (unpaired) electrons. The Labute approximate surface area is 105 Å². The van der Waals surface area contributed by atoms with E-state index in [0.717, 1.165) is 12.1 Å². The van der Waals surface area contributed by atoms with Crippen LogP contribution in [0.3, 0.4) is 0 Å². The minimum Gasteiger partial charge on any atom is -0.324 e. The number of hydrogen-bond acceptors (Lipinski definition) is 2. The van der Waals surface area contributed by atoms with Crippen molar-refractivity contribution in [3.63, 3.8) is 0 Å². The van der Waals surface area contributed by atoms with E-state index in [-0.39, 0.29) is 12.5 Å². The highest BCUT2D eigenvalue weighted by Crippen LogP contribution is 2.28. The molecule has 1 amide bonds. The highest BCUT2D eigenvalue weighted by molar-refractivity contribution is 6.36. The van der Waals surface area contributed by atoms with Crippen molar-refractivity contribution in [1.29, 1.82) is 0 Å². The Balaban J connectivity index is 2.73. The Morgan fingerprint density at radius 1 is 1.31 bits per heavy atom. The molecule has 0 atom stereocenters. The van der Waals surface area contributed by atoms with Gasteiger partial charge in [-0.2, -0.15) is 0 Å².